The zero-order valence-electron chi connectivity index (χ0n) is 13.5. The maximum atomic E-state index is 12.3. The minimum absolute atomic E-state index is 0.0938. The molecule has 0 bridgehead atoms. The number of benzene rings is 1. The topological polar surface area (TPSA) is 97.4 Å². The third-order valence-corrected chi connectivity index (χ3v) is 4.19. The minimum atomic E-state index is -0.615. The third-order valence-electron chi connectivity index (χ3n) is 4.19. The van der Waals surface area contributed by atoms with Crippen LogP contribution in [0.1, 0.15) is 43.6 Å². The van der Waals surface area contributed by atoms with Gasteiger partial charge in [0.15, 0.2) is 0 Å². The Morgan fingerprint density at radius 2 is 2.04 bits per heavy atom. The standard InChI is InChI=1S/C17H23N3O3/c1-3-9-17(18,4-2)11-19-15(21)14-10-12-7-5-6-8-13(12)16(22)20(14)23/h5-8,10,23H,3-4,9,11,18H2,1-2H3,(H,19,21). The van der Waals surface area contributed by atoms with E-state index >= 15 is 0 Å². The van der Waals surface area contributed by atoms with Crippen molar-refractivity contribution in [2.24, 2.45) is 5.73 Å². The Morgan fingerprint density at radius 1 is 1.35 bits per heavy atom. The highest BCUT2D eigenvalue weighted by Gasteiger charge is 2.23. The number of carbonyl (C=O) groups excluding carboxylic acids is 1. The number of nitrogens with zero attached hydrogens (tertiary/aromatic N) is 1. The van der Waals surface area contributed by atoms with Gasteiger partial charge < -0.3 is 16.3 Å². The summed E-state index contributed by atoms with van der Waals surface area (Å²) in [6.45, 7) is 4.30. The molecule has 0 spiro atoms. The molecule has 2 rings (SSSR count). The van der Waals surface area contributed by atoms with Crippen molar-refractivity contribution in [3.63, 3.8) is 0 Å². The molecular weight excluding hydrogens is 294 g/mol. The Kier molecular flexibility index (Phi) is 5.05. The van der Waals surface area contributed by atoms with Crippen LogP contribution < -0.4 is 16.6 Å². The number of amides is 1. The summed E-state index contributed by atoms with van der Waals surface area (Å²) in [5.41, 5.74) is 5.05. The van der Waals surface area contributed by atoms with E-state index in [-0.39, 0.29) is 12.2 Å². The number of nitrogens with one attached hydrogen (secondary N) is 1. The molecule has 2 aromatic rings. The number of aromatic nitrogens is 1. The fourth-order valence-electron chi connectivity index (χ4n) is 2.65. The quantitative estimate of drug-likeness (QED) is 0.709. The van der Waals surface area contributed by atoms with Crippen LogP contribution >= 0.6 is 0 Å². The van der Waals surface area contributed by atoms with E-state index in [0.717, 1.165) is 19.3 Å². The molecule has 1 amide bonds. The Bertz CT molecular complexity index is 769. The predicted octanol–water partition coefficient (Wildman–Crippen LogP) is 1.88. The first kappa shape index (κ1) is 17.0. The van der Waals surface area contributed by atoms with Crippen molar-refractivity contribution in [3.8, 4) is 0 Å². The molecule has 1 aromatic heterocycles. The Labute approximate surface area is 134 Å². The number of carbonyl (C=O) groups is 1. The lowest BCUT2D eigenvalue weighted by atomic mass is 9.92. The third kappa shape index (κ3) is 3.53. The zero-order valence-corrected chi connectivity index (χ0v) is 13.5. The molecule has 6 heteroatoms. The van der Waals surface area contributed by atoms with Crippen LogP contribution in [0.15, 0.2) is 35.1 Å². The van der Waals surface area contributed by atoms with E-state index in [1.807, 2.05) is 13.8 Å². The molecule has 0 fully saturated rings. The van der Waals surface area contributed by atoms with Gasteiger partial charge in [-0.3, -0.25) is 9.59 Å². The predicted molar refractivity (Wildman–Crippen MR) is 89.8 cm³/mol. The van der Waals surface area contributed by atoms with Crippen molar-refractivity contribution in [1.29, 1.82) is 0 Å². The molecule has 0 saturated heterocycles. The van der Waals surface area contributed by atoms with E-state index in [1.165, 1.54) is 6.07 Å². The minimum Gasteiger partial charge on any atom is -0.425 e. The second-order valence-corrected chi connectivity index (χ2v) is 5.88. The largest absolute Gasteiger partial charge is 0.425 e. The van der Waals surface area contributed by atoms with E-state index in [9.17, 15) is 14.8 Å². The van der Waals surface area contributed by atoms with E-state index < -0.39 is 17.0 Å². The van der Waals surface area contributed by atoms with Crippen LogP contribution in [0.4, 0.5) is 0 Å². The zero-order chi connectivity index (χ0) is 17.0. The van der Waals surface area contributed by atoms with Gasteiger partial charge in [0.1, 0.15) is 5.69 Å². The maximum absolute atomic E-state index is 12.3. The van der Waals surface area contributed by atoms with Gasteiger partial charge in [0.25, 0.3) is 11.5 Å². The number of rotatable bonds is 6. The monoisotopic (exact) mass is 317 g/mol. The summed E-state index contributed by atoms with van der Waals surface area (Å²) in [6.07, 6.45) is 2.43. The summed E-state index contributed by atoms with van der Waals surface area (Å²) in [4.78, 5) is 24.5. The van der Waals surface area contributed by atoms with Gasteiger partial charge in [0, 0.05) is 12.1 Å². The summed E-state index contributed by atoms with van der Waals surface area (Å²) in [7, 11) is 0. The molecule has 0 aliphatic heterocycles. The highest BCUT2D eigenvalue weighted by molar-refractivity contribution is 5.96. The van der Waals surface area contributed by atoms with Gasteiger partial charge in [0.05, 0.1) is 5.39 Å². The summed E-state index contributed by atoms with van der Waals surface area (Å²) in [5.74, 6) is -0.519. The molecule has 0 aliphatic rings. The lowest BCUT2D eigenvalue weighted by molar-refractivity contribution is 0.0881. The van der Waals surface area contributed by atoms with Gasteiger partial charge in [0.2, 0.25) is 0 Å². The molecule has 0 aliphatic carbocycles. The van der Waals surface area contributed by atoms with Crippen LogP contribution in [0.5, 0.6) is 0 Å². The molecule has 0 saturated carbocycles. The summed E-state index contributed by atoms with van der Waals surface area (Å²) in [5, 5.41) is 13.7. The molecule has 124 valence electrons. The van der Waals surface area contributed by atoms with Crippen LogP contribution in [-0.4, -0.2) is 27.9 Å². The van der Waals surface area contributed by atoms with Crippen molar-refractivity contribution in [3.05, 3.63) is 46.4 Å². The first-order chi connectivity index (χ1) is 10.9. The fraction of sp³-hybridized carbons (Fsp3) is 0.412. The molecule has 1 heterocycles. The fourth-order valence-corrected chi connectivity index (χ4v) is 2.65. The number of hydrogen-bond acceptors (Lipinski definition) is 4. The van der Waals surface area contributed by atoms with Crippen molar-refractivity contribution in [2.45, 2.75) is 38.6 Å². The second-order valence-electron chi connectivity index (χ2n) is 5.88. The van der Waals surface area contributed by atoms with Gasteiger partial charge in [-0.05, 0) is 30.4 Å². The van der Waals surface area contributed by atoms with Crippen LogP contribution in [0.3, 0.4) is 0 Å². The first-order valence-electron chi connectivity index (χ1n) is 7.83. The maximum Gasteiger partial charge on any atom is 0.291 e. The van der Waals surface area contributed by atoms with Gasteiger partial charge in [-0.2, -0.15) is 0 Å². The molecule has 1 aromatic carbocycles. The Balaban J connectivity index is 2.28. The molecule has 6 nitrogen and oxygen atoms in total. The van der Waals surface area contributed by atoms with Crippen LogP contribution in [0, 0.1) is 0 Å². The summed E-state index contributed by atoms with van der Waals surface area (Å²) >= 11 is 0. The average molecular weight is 317 g/mol. The summed E-state index contributed by atoms with van der Waals surface area (Å²) in [6, 6.07) is 8.31. The van der Waals surface area contributed by atoms with E-state index in [4.69, 9.17) is 5.73 Å². The highest BCUT2D eigenvalue weighted by atomic mass is 16.5. The molecule has 0 radical (unpaired) electrons. The number of pyridine rings is 1. The van der Waals surface area contributed by atoms with Gasteiger partial charge in [-0.25, -0.2) is 0 Å². The summed E-state index contributed by atoms with van der Waals surface area (Å²) < 4.78 is 0.391. The molecular formula is C17H23N3O3. The van der Waals surface area contributed by atoms with Crippen LogP contribution in [-0.2, 0) is 0 Å². The molecule has 1 atom stereocenters. The van der Waals surface area contributed by atoms with E-state index in [2.05, 4.69) is 5.32 Å². The normalized spacial score (nSPS) is 13.7. The number of nitrogens with two attached hydrogens (primary N) is 1. The van der Waals surface area contributed by atoms with Gasteiger partial charge >= 0.3 is 0 Å². The Morgan fingerprint density at radius 3 is 2.70 bits per heavy atom. The van der Waals surface area contributed by atoms with Crippen molar-refractivity contribution >= 4 is 16.7 Å². The molecule has 23 heavy (non-hydrogen) atoms. The SMILES string of the molecule is CCCC(N)(CC)CNC(=O)c1cc2ccccc2c(=O)n1O. The Hall–Kier alpha value is -2.34. The van der Waals surface area contributed by atoms with E-state index in [1.54, 1.807) is 24.3 Å². The van der Waals surface area contributed by atoms with Crippen LogP contribution in [0.2, 0.25) is 0 Å². The van der Waals surface area contributed by atoms with Gasteiger partial charge in [-0.1, -0.05) is 38.5 Å². The van der Waals surface area contributed by atoms with Gasteiger partial charge in [-0.15, -0.1) is 4.73 Å². The van der Waals surface area contributed by atoms with Crippen molar-refractivity contribution in [1.82, 2.24) is 10.0 Å². The molecule has 4 N–H and O–H groups in total. The lowest BCUT2D eigenvalue weighted by Gasteiger charge is -2.28. The number of hydrogen-bond donors (Lipinski definition) is 3. The smallest absolute Gasteiger partial charge is 0.291 e. The molecule has 1 unspecified atom stereocenters. The second kappa shape index (κ2) is 6.83. The number of fused-ring (bicyclic) bond motifs is 1. The van der Waals surface area contributed by atoms with Crippen LogP contribution in [0.25, 0.3) is 10.8 Å². The highest BCUT2D eigenvalue weighted by Crippen LogP contribution is 2.14. The van der Waals surface area contributed by atoms with Crippen molar-refractivity contribution in [2.75, 3.05) is 6.54 Å². The lowest BCUT2D eigenvalue weighted by Crippen LogP contribution is -2.50. The average Bonchev–Trinajstić information content (AvgIpc) is 2.56. The first-order valence-corrected chi connectivity index (χ1v) is 7.83. The van der Waals surface area contributed by atoms with E-state index in [0.29, 0.717) is 15.5 Å². The van der Waals surface area contributed by atoms with Crippen molar-refractivity contribution < 1.29 is 10.0 Å².